The van der Waals surface area contributed by atoms with Crippen LogP contribution in [0.2, 0.25) is 0 Å². The molecule has 1 atom stereocenters. The number of furan rings is 1. The zero-order valence-electron chi connectivity index (χ0n) is 19.3. The van der Waals surface area contributed by atoms with E-state index >= 15 is 0 Å². The van der Waals surface area contributed by atoms with Gasteiger partial charge in [-0.3, -0.25) is 24.5 Å². The number of hydroxylamine groups is 1. The number of likely N-dealkylation sites (tertiary alicyclic amines) is 1. The minimum Gasteiger partial charge on any atom is -0.467 e. The van der Waals surface area contributed by atoms with Gasteiger partial charge in [-0.25, -0.2) is 5.48 Å². The Bertz CT molecular complexity index is 981. The molecule has 10 nitrogen and oxygen atoms in total. The van der Waals surface area contributed by atoms with Crippen LogP contribution in [0.4, 0.5) is 0 Å². The Morgan fingerprint density at radius 1 is 1.21 bits per heavy atom. The van der Waals surface area contributed by atoms with Gasteiger partial charge in [0.1, 0.15) is 5.76 Å². The molecule has 10 heteroatoms. The van der Waals surface area contributed by atoms with E-state index in [1.54, 1.807) is 30.5 Å². The van der Waals surface area contributed by atoms with Crippen molar-refractivity contribution in [2.45, 2.75) is 32.0 Å². The Labute approximate surface area is 192 Å². The first kappa shape index (κ1) is 24.4. The van der Waals surface area contributed by atoms with Gasteiger partial charge in [0, 0.05) is 44.9 Å². The molecular formula is C23H30N4O6. The number of ether oxygens (including phenoxy) is 1. The predicted molar refractivity (Wildman–Crippen MR) is 119 cm³/mol. The van der Waals surface area contributed by atoms with Gasteiger partial charge in [-0.05, 0) is 37.6 Å². The fourth-order valence-electron chi connectivity index (χ4n) is 3.79. The fourth-order valence-corrected chi connectivity index (χ4v) is 3.79. The first-order valence-corrected chi connectivity index (χ1v) is 10.7. The van der Waals surface area contributed by atoms with E-state index in [-0.39, 0.29) is 5.56 Å². The summed E-state index contributed by atoms with van der Waals surface area (Å²) >= 11 is 0. The lowest BCUT2D eigenvalue weighted by molar-refractivity contribution is -0.148. The molecule has 3 rings (SSSR count). The molecule has 1 saturated heterocycles. The summed E-state index contributed by atoms with van der Waals surface area (Å²) in [5, 5.41) is 11.4. The maximum atomic E-state index is 13.0. The summed E-state index contributed by atoms with van der Waals surface area (Å²) in [7, 11) is 2.67. The predicted octanol–water partition coefficient (Wildman–Crippen LogP) is 1.25. The van der Waals surface area contributed by atoms with Crippen LogP contribution in [0.1, 0.15) is 30.0 Å². The standard InChI is InChI=1S/C23H30N4O6/c1-5-32-19-12-27(13-19)11-18-10-17(14-33-18)15-6-8-16(9-7-15)20(28)26(4)23(2,21(29)24-3)22(30)25-31/h6-10,14,19,31H,5,11-13H2,1-4H3,(H,24,29)(H,25,30)/t23-/m0/s1. The van der Waals surface area contributed by atoms with E-state index in [1.165, 1.54) is 26.5 Å². The van der Waals surface area contributed by atoms with E-state index in [1.807, 2.05) is 13.0 Å². The molecule has 1 aromatic heterocycles. The lowest BCUT2D eigenvalue weighted by atomic mass is 9.96. The van der Waals surface area contributed by atoms with E-state index in [2.05, 4.69) is 10.2 Å². The highest BCUT2D eigenvalue weighted by molar-refractivity contribution is 6.12. The third kappa shape index (κ3) is 4.92. The minimum atomic E-state index is -1.93. The summed E-state index contributed by atoms with van der Waals surface area (Å²) in [5.74, 6) is -1.46. The van der Waals surface area contributed by atoms with Gasteiger partial charge in [0.2, 0.25) is 0 Å². The molecule has 1 aliphatic heterocycles. The van der Waals surface area contributed by atoms with Gasteiger partial charge < -0.3 is 19.4 Å². The Kier molecular flexibility index (Phi) is 7.52. The summed E-state index contributed by atoms with van der Waals surface area (Å²) in [6.07, 6.45) is 1.97. The number of nitrogens with one attached hydrogen (secondary N) is 2. The number of nitrogens with zero attached hydrogens (tertiary/aromatic N) is 2. The highest BCUT2D eigenvalue weighted by atomic mass is 16.5. The van der Waals surface area contributed by atoms with Crippen LogP contribution in [-0.2, 0) is 20.9 Å². The van der Waals surface area contributed by atoms with Gasteiger partial charge in [0.15, 0.2) is 5.54 Å². The highest BCUT2D eigenvalue weighted by Gasteiger charge is 2.47. The largest absolute Gasteiger partial charge is 0.467 e. The lowest BCUT2D eigenvalue weighted by Crippen LogP contribution is -2.64. The molecule has 0 radical (unpaired) electrons. The van der Waals surface area contributed by atoms with Crippen molar-refractivity contribution in [2.75, 3.05) is 33.8 Å². The van der Waals surface area contributed by atoms with Crippen LogP contribution in [0, 0.1) is 0 Å². The summed E-state index contributed by atoms with van der Waals surface area (Å²) in [6, 6.07) is 8.74. The third-order valence-corrected chi connectivity index (χ3v) is 6.01. The number of hydrogen-bond donors (Lipinski definition) is 3. The van der Waals surface area contributed by atoms with E-state index in [4.69, 9.17) is 14.4 Å². The minimum absolute atomic E-state index is 0.286. The van der Waals surface area contributed by atoms with Gasteiger partial charge in [-0.2, -0.15) is 0 Å². The number of hydrogen-bond acceptors (Lipinski definition) is 7. The Balaban J connectivity index is 1.68. The number of carbonyl (C=O) groups excluding carboxylic acids is 3. The molecule has 2 aromatic rings. The summed E-state index contributed by atoms with van der Waals surface area (Å²) in [5.41, 5.74) is 1.56. The Morgan fingerprint density at radius 2 is 1.88 bits per heavy atom. The van der Waals surface area contributed by atoms with Crippen LogP contribution in [0.15, 0.2) is 41.0 Å². The maximum absolute atomic E-state index is 13.0. The molecule has 2 heterocycles. The molecule has 0 aliphatic carbocycles. The monoisotopic (exact) mass is 458 g/mol. The number of amides is 3. The van der Waals surface area contributed by atoms with Crippen molar-refractivity contribution < 1.29 is 28.7 Å². The maximum Gasteiger partial charge on any atom is 0.278 e. The van der Waals surface area contributed by atoms with Crippen molar-refractivity contribution >= 4 is 17.7 Å². The average Bonchev–Trinajstić information content (AvgIpc) is 3.28. The molecule has 33 heavy (non-hydrogen) atoms. The number of carbonyl (C=O) groups is 3. The summed E-state index contributed by atoms with van der Waals surface area (Å²) < 4.78 is 11.3. The molecule has 0 spiro atoms. The lowest BCUT2D eigenvalue weighted by Gasteiger charge is -2.38. The molecule has 3 amide bonds. The van der Waals surface area contributed by atoms with Crippen molar-refractivity contribution in [1.29, 1.82) is 0 Å². The molecule has 0 bridgehead atoms. The normalized spacial score (nSPS) is 15.9. The van der Waals surface area contributed by atoms with Crippen LogP contribution in [0.3, 0.4) is 0 Å². The Hall–Kier alpha value is -3.21. The van der Waals surface area contributed by atoms with Gasteiger partial charge in [0.05, 0.1) is 18.9 Å². The number of benzene rings is 1. The summed E-state index contributed by atoms with van der Waals surface area (Å²) in [4.78, 5) is 40.7. The molecule has 1 aliphatic rings. The van der Waals surface area contributed by atoms with Crippen LogP contribution < -0.4 is 10.8 Å². The van der Waals surface area contributed by atoms with Crippen LogP contribution in [-0.4, -0.2) is 78.2 Å². The van der Waals surface area contributed by atoms with Gasteiger partial charge in [-0.1, -0.05) is 12.1 Å². The molecule has 0 saturated carbocycles. The zero-order chi connectivity index (χ0) is 24.2. The second-order valence-corrected chi connectivity index (χ2v) is 8.11. The topological polar surface area (TPSA) is 124 Å². The van der Waals surface area contributed by atoms with E-state index in [0.717, 1.165) is 41.5 Å². The second-order valence-electron chi connectivity index (χ2n) is 8.11. The zero-order valence-corrected chi connectivity index (χ0v) is 19.3. The molecular weight excluding hydrogens is 428 g/mol. The van der Waals surface area contributed by atoms with Crippen molar-refractivity contribution in [2.24, 2.45) is 0 Å². The van der Waals surface area contributed by atoms with Crippen molar-refractivity contribution in [3.05, 3.63) is 47.9 Å². The van der Waals surface area contributed by atoms with Crippen LogP contribution in [0.5, 0.6) is 0 Å². The third-order valence-electron chi connectivity index (χ3n) is 6.01. The van der Waals surface area contributed by atoms with Crippen molar-refractivity contribution in [3.8, 4) is 11.1 Å². The molecule has 1 aromatic carbocycles. The first-order valence-electron chi connectivity index (χ1n) is 10.7. The molecule has 3 N–H and O–H groups in total. The average molecular weight is 459 g/mol. The SMILES string of the molecule is CCOC1CN(Cc2cc(-c3ccc(C(=O)N(C)[C@@](C)(C(=O)NC)C(=O)NO)cc3)co2)C1. The number of likely N-dealkylation sites (N-methyl/N-ethyl adjacent to an activating group) is 2. The van der Waals surface area contributed by atoms with Gasteiger partial charge in [0.25, 0.3) is 17.7 Å². The quantitative estimate of drug-likeness (QED) is 0.293. The van der Waals surface area contributed by atoms with E-state index in [9.17, 15) is 14.4 Å². The molecule has 1 fully saturated rings. The second kappa shape index (κ2) is 10.2. The first-order chi connectivity index (χ1) is 15.7. The van der Waals surface area contributed by atoms with E-state index < -0.39 is 23.3 Å². The highest BCUT2D eigenvalue weighted by Crippen LogP contribution is 2.26. The fraction of sp³-hybridized carbons (Fsp3) is 0.435. The Morgan fingerprint density at radius 3 is 2.45 bits per heavy atom. The van der Waals surface area contributed by atoms with E-state index in [0.29, 0.717) is 12.6 Å². The van der Waals surface area contributed by atoms with Crippen LogP contribution in [0.25, 0.3) is 11.1 Å². The molecule has 178 valence electrons. The molecule has 0 unspecified atom stereocenters. The smallest absolute Gasteiger partial charge is 0.278 e. The van der Waals surface area contributed by atoms with Gasteiger partial charge in [-0.15, -0.1) is 0 Å². The van der Waals surface area contributed by atoms with Crippen molar-refractivity contribution in [3.63, 3.8) is 0 Å². The van der Waals surface area contributed by atoms with Crippen molar-refractivity contribution in [1.82, 2.24) is 20.6 Å². The number of rotatable bonds is 9. The van der Waals surface area contributed by atoms with Crippen LogP contribution >= 0.6 is 0 Å². The van der Waals surface area contributed by atoms with Gasteiger partial charge >= 0.3 is 0 Å². The summed E-state index contributed by atoms with van der Waals surface area (Å²) in [6.45, 7) is 6.44.